The van der Waals surface area contributed by atoms with Crippen LogP contribution in [-0.2, 0) is 20.8 Å². The van der Waals surface area contributed by atoms with Crippen LogP contribution in [-0.4, -0.2) is 41.1 Å². The number of hydrogen-bond acceptors (Lipinski definition) is 6. The number of fused-ring (bicyclic) bond motifs is 1. The maximum Gasteiger partial charge on any atom is 0.195 e. The first-order valence-electron chi connectivity index (χ1n) is 7.30. The molecule has 2 aliphatic rings. The van der Waals surface area contributed by atoms with Crippen LogP contribution in [0.5, 0.6) is 0 Å². The molecule has 22 heavy (non-hydrogen) atoms. The van der Waals surface area contributed by atoms with E-state index in [1.807, 2.05) is 20.8 Å². The van der Waals surface area contributed by atoms with Gasteiger partial charge in [0.2, 0.25) is 0 Å². The highest BCUT2D eigenvalue weighted by atomic mass is 16.8. The average Bonchev–Trinajstić information content (AvgIpc) is 2.85. The lowest BCUT2D eigenvalue weighted by Crippen LogP contribution is -2.47. The van der Waals surface area contributed by atoms with E-state index in [0.717, 1.165) is 0 Å². The van der Waals surface area contributed by atoms with Crippen molar-refractivity contribution < 1.29 is 24.1 Å². The Kier molecular flexibility index (Phi) is 3.52. The molecule has 6 nitrogen and oxygen atoms in total. The number of carbonyl (C=O) groups excluding carboxylic acids is 1. The van der Waals surface area contributed by atoms with Crippen molar-refractivity contribution in [1.29, 1.82) is 0 Å². The van der Waals surface area contributed by atoms with Crippen molar-refractivity contribution in [3.8, 4) is 0 Å². The fourth-order valence-corrected chi connectivity index (χ4v) is 3.31. The lowest BCUT2D eigenvalue weighted by atomic mass is 9.88. The van der Waals surface area contributed by atoms with Crippen LogP contribution in [0.4, 0.5) is 5.69 Å². The van der Waals surface area contributed by atoms with Crippen molar-refractivity contribution >= 4 is 11.5 Å². The lowest BCUT2D eigenvalue weighted by molar-refractivity contribution is -0.187. The fraction of sp³-hybridized carbons (Fsp3) is 0.562. The number of aliphatic hydroxyl groups excluding tert-OH is 1. The molecule has 6 heteroatoms. The van der Waals surface area contributed by atoms with Crippen molar-refractivity contribution in [3.05, 3.63) is 29.3 Å². The zero-order valence-electron chi connectivity index (χ0n) is 13.0. The van der Waals surface area contributed by atoms with Gasteiger partial charge in [-0.2, -0.15) is 0 Å². The molecule has 1 aromatic rings. The molecule has 3 rings (SSSR count). The van der Waals surface area contributed by atoms with Gasteiger partial charge in [0.15, 0.2) is 17.7 Å². The minimum absolute atomic E-state index is 0.227. The van der Waals surface area contributed by atoms with E-state index in [9.17, 15) is 9.90 Å². The summed E-state index contributed by atoms with van der Waals surface area (Å²) in [5.41, 5.74) is 6.25. The van der Waals surface area contributed by atoms with Crippen LogP contribution in [0.25, 0.3) is 0 Å². The molecule has 0 aliphatic carbocycles. The molecule has 2 saturated heterocycles. The molecule has 120 valence electrons. The summed E-state index contributed by atoms with van der Waals surface area (Å²) in [6.45, 7) is 5.51. The summed E-state index contributed by atoms with van der Waals surface area (Å²) in [4.78, 5) is 12.9. The molecule has 0 bridgehead atoms. The molecule has 3 atom stereocenters. The van der Waals surface area contributed by atoms with Gasteiger partial charge in [-0.25, -0.2) is 0 Å². The molecule has 0 radical (unpaired) electrons. The van der Waals surface area contributed by atoms with Crippen LogP contribution in [0.1, 0.15) is 36.7 Å². The van der Waals surface area contributed by atoms with E-state index >= 15 is 0 Å². The summed E-state index contributed by atoms with van der Waals surface area (Å²) in [6, 6.07) is 4.85. The molecule has 0 unspecified atom stereocenters. The number of benzene rings is 1. The minimum atomic E-state index is -0.839. The summed E-state index contributed by atoms with van der Waals surface area (Å²) in [7, 11) is 0. The second kappa shape index (κ2) is 5.03. The summed E-state index contributed by atoms with van der Waals surface area (Å²) in [5.74, 6) is -0.974. The van der Waals surface area contributed by atoms with Gasteiger partial charge in [-0.05, 0) is 44.5 Å². The molecular weight excluding hydrogens is 286 g/mol. The third kappa shape index (κ3) is 2.32. The number of ether oxygens (including phenoxy) is 3. The van der Waals surface area contributed by atoms with Gasteiger partial charge in [-0.1, -0.05) is 0 Å². The van der Waals surface area contributed by atoms with Crippen LogP contribution in [0.2, 0.25) is 0 Å². The number of hydrogen-bond donors (Lipinski definition) is 2. The number of nitrogens with two attached hydrogens (primary N) is 1. The summed E-state index contributed by atoms with van der Waals surface area (Å²) >= 11 is 0. The van der Waals surface area contributed by atoms with Crippen molar-refractivity contribution in [2.75, 3.05) is 12.3 Å². The maximum absolute atomic E-state index is 12.9. The Hall–Kier alpha value is -1.47. The third-order valence-corrected chi connectivity index (χ3v) is 4.27. The zero-order valence-corrected chi connectivity index (χ0v) is 13.0. The van der Waals surface area contributed by atoms with Gasteiger partial charge >= 0.3 is 0 Å². The predicted octanol–water partition coefficient (Wildman–Crippen LogP) is 1.25. The molecule has 0 amide bonds. The lowest BCUT2D eigenvalue weighted by Gasteiger charge is -2.29. The van der Waals surface area contributed by atoms with Gasteiger partial charge in [0, 0.05) is 11.3 Å². The monoisotopic (exact) mass is 307 g/mol. The molecule has 0 saturated carbocycles. The summed E-state index contributed by atoms with van der Waals surface area (Å²) in [5, 5.41) is 9.46. The first-order valence-corrected chi connectivity index (χ1v) is 7.30. The Balaban J connectivity index is 1.93. The van der Waals surface area contributed by atoms with Crippen molar-refractivity contribution in [2.24, 2.45) is 0 Å². The van der Waals surface area contributed by atoms with E-state index in [2.05, 4.69) is 0 Å². The number of carbonyl (C=O) groups is 1. The van der Waals surface area contributed by atoms with E-state index in [4.69, 9.17) is 19.9 Å². The molecule has 2 fully saturated rings. The van der Waals surface area contributed by atoms with E-state index in [-0.39, 0.29) is 18.5 Å². The normalized spacial score (nSPS) is 32.9. The molecule has 0 aromatic heterocycles. The Morgan fingerprint density at radius 1 is 1.41 bits per heavy atom. The van der Waals surface area contributed by atoms with Crippen LogP contribution in [0.15, 0.2) is 18.2 Å². The van der Waals surface area contributed by atoms with Crippen molar-refractivity contribution in [1.82, 2.24) is 0 Å². The number of ketones is 1. The molecular formula is C16H21NO5. The van der Waals surface area contributed by atoms with Crippen molar-refractivity contribution in [3.63, 3.8) is 0 Å². The quantitative estimate of drug-likeness (QED) is 0.645. The minimum Gasteiger partial charge on any atom is -0.399 e. The Morgan fingerprint density at radius 2 is 2.14 bits per heavy atom. The first kappa shape index (κ1) is 15.4. The number of aliphatic hydroxyl groups is 1. The zero-order chi connectivity index (χ0) is 16.1. The SMILES string of the molecule is CC1(C)O[C@H]2CO[C@H](C(=O)c3ccc(N)cc3CO)[C@@]2(C)O1. The maximum atomic E-state index is 12.9. The standard InChI is InChI=1S/C16H21NO5/c1-15(2)21-12-8-20-14(16(12,3)22-15)13(19)11-5-4-10(17)6-9(11)7-18/h4-6,12,14,18H,7-8,17H2,1-3H3/t12-,14+,16-/m0/s1. The van der Waals surface area contributed by atoms with E-state index in [0.29, 0.717) is 23.4 Å². The van der Waals surface area contributed by atoms with E-state index in [1.54, 1.807) is 18.2 Å². The molecule has 2 aliphatic heterocycles. The van der Waals surface area contributed by atoms with Gasteiger partial charge in [0.1, 0.15) is 11.7 Å². The van der Waals surface area contributed by atoms with E-state index < -0.39 is 17.5 Å². The molecule has 1 aromatic carbocycles. The Bertz CT molecular complexity index is 615. The first-order chi connectivity index (χ1) is 10.3. The van der Waals surface area contributed by atoms with Gasteiger partial charge < -0.3 is 25.1 Å². The van der Waals surface area contributed by atoms with Crippen LogP contribution >= 0.6 is 0 Å². The second-order valence-electron chi connectivity index (χ2n) is 6.44. The molecule has 3 N–H and O–H groups in total. The van der Waals surface area contributed by atoms with Gasteiger partial charge in [0.25, 0.3) is 0 Å². The van der Waals surface area contributed by atoms with Crippen LogP contribution in [0, 0.1) is 0 Å². The third-order valence-electron chi connectivity index (χ3n) is 4.27. The molecule has 0 spiro atoms. The average molecular weight is 307 g/mol. The number of Topliss-reactive ketones (excluding diaryl/α,β-unsaturated/α-hetero) is 1. The van der Waals surface area contributed by atoms with Crippen LogP contribution in [0.3, 0.4) is 0 Å². The van der Waals surface area contributed by atoms with Crippen LogP contribution < -0.4 is 5.73 Å². The highest BCUT2D eigenvalue weighted by Gasteiger charge is 2.61. The predicted molar refractivity (Wildman–Crippen MR) is 79.3 cm³/mol. The van der Waals surface area contributed by atoms with Gasteiger partial charge in [-0.15, -0.1) is 0 Å². The highest BCUT2D eigenvalue weighted by molar-refractivity contribution is 6.02. The smallest absolute Gasteiger partial charge is 0.195 e. The second-order valence-corrected chi connectivity index (χ2v) is 6.44. The Labute approximate surface area is 129 Å². The number of nitrogen functional groups attached to an aromatic ring is 1. The fourth-order valence-electron chi connectivity index (χ4n) is 3.31. The van der Waals surface area contributed by atoms with Gasteiger partial charge in [-0.3, -0.25) is 4.79 Å². The molecule has 2 heterocycles. The van der Waals surface area contributed by atoms with Gasteiger partial charge in [0.05, 0.1) is 13.2 Å². The summed E-state index contributed by atoms with van der Waals surface area (Å²) < 4.78 is 17.4. The Morgan fingerprint density at radius 3 is 2.82 bits per heavy atom. The largest absolute Gasteiger partial charge is 0.399 e. The highest BCUT2D eigenvalue weighted by Crippen LogP contribution is 2.44. The summed E-state index contributed by atoms with van der Waals surface area (Å²) in [6.07, 6.45) is -1.06. The number of anilines is 1. The van der Waals surface area contributed by atoms with Crippen molar-refractivity contribution in [2.45, 2.75) is 51.0 Å². The van der Waals surface area contributed by atoms with E-state index in [1.165, 1.54) is 0 Å². The number of rotatable bonds is 3. The topological polar surface area (TPSA) is 91.0 Å².